The zero-order valence-electron chi connectivity index (χ0n) is 19.2. The Bertz CT molecular complexity index is 1030. The Hall–Kier alpha value is -2.98. The van der Waals surface area contributed by atoms with Crippen molar-refractivity contribution < 1.29 is 4.74 Å². The molecule has 4 heteroatoms. The molecule has 0 saturated carbocycles. The van der Waals surface area contributed by atoms with E-state index in [2.05, 4.69) is 55.6 Å². The summed E-state index contributed by atoms with van der Waals surface area (Å²) in [6, 6.07) is 6.69. The van der Waals surface area contributed by atoms with Crippen LogP contribution in [-0.2, 0) is 15.6 Å². The summed E-state index contributed by atoms with van der Waals surface area (Å²) in [7, 11) is 0. The van der Waals surface area contributed by atoms with Crippen molar-refractivity contribution in [3.63, 3.8) is 0 Å². The van der Waals surface area contributed by atoms with E-state index in [0.29, 0.717) is 12.2 Å². The minimum absolute atomic E-state index is 0.0548. The number of rotatable bonds is 2. The van der Waals surface area contributed by atoms with Crippen LogP contribution in [-0.4, -0.2) is 19.2 Å². The standard InChI is InChI=1S/C27H31N3O/c1-18-13-20(24(17-28)29-6)16-21(31-18)8-7-19-14-22-25-23(15-19)27(4,5)10-12-30(25)11-9-26(22,2)3/h7-8,14-16,18H,9-13H2,1-5H3. The first-order chi connectivity index (χ1) is 14.6. The maximum atomic E-state index is 9.24. The molecular formula is C27H31N3O. The zero-order valence-corrected chi connectivity index (χ0v) is 19.2. The first kappa shape index (κ1) is 21.3. The number of ether oxygens (including phenoxy) is 1. The highest BCUT2D eigenvalue weighted by Crippen LogP contribution is 2.49. The molecule has 0 bridgehead atoms. The number of anilines is 1. The van der Waals surface area contributed by atoms with Gasteiger partial charge in [-0.25, -0.2) is 10.1 Å². The highest BCUT2D eigenvalue weighted by Gasteiger charge is 2.39. The maximum Gasteiger partial charge on any atom is 0.265 e. The topological polar surface area (TPSA) is 40.6 Å². The summed E-state index contributed by atoms with van der Waals surface area (Å²) in [5.74, 6) is 0.705. The van der Waals surface area contributed by atoms with Crippen LogP contribution >= 0.6 is 0 Å². The lowest BCUT2D eigenvalue weighted by molar-refractivity contribution is 0.133. The molecular weight excluding hydrogens is 382 g/mol. The minimum atomic E-state index is -0.0548. The number of hydrogen-bond acceptors (Lipinski definition) is 3. The van der Waals surface area contributed by atoms with Crippen molar-refractivity contribution >= 4 is 11.8 Å². The molecule has 4 rings (SSSR count). The van der Waals surface area contributed by atoms with Gasteiger partial charge in [-0.1, -0.05) is 33.8 Å². The first-order valence-corrected chi connectivity index (χ1v) is 11.2. The molecule has 0 saturated heterocycles. The fourth-order valence-electron chi connectivity index (χ4n) is 5.01. The van der Waals surface area contributed by atoms with Crippen LogP contribution in [0, 0.1) is 17.9 Å². The third-order valence-corrected chi connectivity index (χ3v) is 7.04. The molecule has 3 aliphatic rings. The van der Waals surface area contributed by atoms with E-state index >= 15 is 0 Å². The van der Waals surface area contributed by atoms with Crippen LogP contribution in [0.1, 0.15) is 70.6 Å². The summed E-state index contributed by atoms with van der Waals surface area (Å²) in [5, 5.41) is 9.24. The molecule has 0 N–H and O–H groups in total. The molecule has 0 spiro atoms. The van der Waals surface area contributed by atoms with Crippen molar-refractivity contribution in [3.8, 4) is 6.07 Å². The van der Waals surface area contributed by atoms with Crippen LogP contribution in [0.3, 0.4) is 0 Å². The van der Waals surface area contributed by atoms with Gasteiger partial charge in [0.2, 0.25) is 0 Å². The Labute approximate surface area is 186 Å². The van der Waals surface area contributed by atoms with Crippen molar-refractivity contribution in [1.29, 1.82) is 5.26 Å². The van der Waals surface area contributed by atoms with Gasteiger partial charge in [0.25, 0.3) is 5.70 Å². The highest BCUT2D eigenvalue weighted by molar-refractivity contribution is 5.72. The lowest BCUT2D eigenvalue weighted by Gasteiger charge is -2.48. The molecule has 1 unspecified atom stereocenters. The summed E-state index contributed by atoms with van der Waals surface area (Å²) < 4.78 is 5.98. The van der Waals surface area contributed by atoms with E-state index < -0.39 is 0 Å². The van der Waals surface area contributed by atoms with E-state index in [0.717, 1.165) is 18.7 Å². The van der Waals surface area contributed by atoms with Gasteiger partial charge in [0.05, 0.1) is 18.7 Å². The average molecular weight is 414 g/mol. The Kier molecular flexibility index (Phi) is 5.22. The van der Waals surface area contributed by atoms with Gasteiger partial charge in [0.1, 0.15) is 5.76 Å². The molecule has 31 heavy (non-hydrogen) atoms. The second kappa shape index (κ2) is 7.61. The van der Waals surface area contributed by atoms with Crippen LogP contribution in [0.2, 0.25) is 0 Å². The molecule has 0 aliphatic carbocycles. The molecule has 3 heterocycles. The normalized spacial score (nSPS) is 25.1. The maximum absolute atomic E-state index is 9.24. The fraction of sp³-hybridized carbons (Fsp3) is 0.481. The van der Waals surface area contributed by atoms with Gasteiger partial charge in [-0.15, -0.1) is 0 Å². The lowest BCUT2D eigenvalue weighted by atomic mass is 9.69. The molecule has 0 aromatic heterocycles. The summed E-state index contributed by atoms with van der Waals surface area (Å²) in [4.78, 5) is 5.95. The number of benzene rings is 1. The van der Waals surface area contributed by atoms with Gasteiger partial charge in [0, 0.05) is 25.2 Å². The summed E-state index contributed by atoms with van der Waals surface area (Å²) in [6.07, 6.45) is 8.80. The summed E-state index contributed by atoms with van der Waals surface area (Å²) >= 11 is 0. The molecule has 160 valence electrons. The van der Waals surface area contributed by atoms with E-state index in [1.165, 1.54) is 35.2 Å². The van der Waals surface area contributed by atoms with Gasteiger partial charge >= 0.3 is 0 Å². The monoisotopic (exact) mass is 413 g/mol. The molecule has 0 amide bonds. The Morgan fingerprint density at radius 1 is 1.16 bits per heavy atom. The van der Waals surface area contributed by atoms with Crippen molar-refractivity contribution in [2.45, 2.75) is 70.8 Å². The Morgan fingerprint density at radius 2 is 1.77 bits per heavy atom. The van der Waals surface area contributed by atoms with Gasteiger partial charge in [-0.3, -0.25) is 0 Å². The van der Waals surface area contributed by atoms with E-state index in [4.69, 9.17) is 11.3 Å². The van der Waals surface area contributed by atoms with Crippen LogP contribution in [0.15, 0.2) is 41.3 Å². The molecule has 1 aromatic carbocycles. The van der Waals surface area contributed by atoms with Crippen molar-refractivity contribution in [3.05, 3.63) is 69.4 Å². The van der Waals surface area contributed by atoms with Crippen LogP contribution in [0.25, 0.3) is 10.9 Å². The number of allylic oxidation sites excluding steroid dienone is 3. The quantitative estimate of drug-likeness (QED) is 0.424. The first-order valence-electron chi connectivity index (χ1n) is 11.2. The predicted octanol–water partition coefficient (Wildman–Crippen LogP) is 6.26. The van der Waals surface area contributed by atoms with E-state index in [9.17, 15) is 5.26 Å². The molecule has 1 aromatic rings. The molecule has 1 atom stereocenters. The van der Waals surface area contributed by atoms with E-state index in [1.807, 2.05) is 25.1 Å². The zero-order chi connectivity index (χ0) is 22.4. The second-order valence-electron chi connectivity index (χ2n) is 10.3. The van der Waals surface area contributed by atoms with Crippen LogP contribution < -0.4 is 4.90 Å². The number of hydrogen-bond donors (Lipinski definition) is 0. The Morgan fingerprint density at radius 3 is 2.32 bits per heavy atom. The highest BCUT2D eigenvalue weighted by atomic mass is 16.5. The van der Waals surface area contributed by atoms with Gasteiger partial charge in [-0.2, -0.15) is 0 Å². The van der Waals surface area contributed by atoms with E-state index in [1.54, 1.807) is 0 Å². The average Bonchev–Trinajstić information content (AvgIpc) is 2.71. The van der Waals surface area contributed by atoms with Crippen molar-refractivity contribution in [1.82, 2.24) is 0 Å². The molecule has 0 radical (unpaired) electrons. The number of nitriles is 1. The summed E-state index contributed by atoms with van der Waals surface area (Å²) in [5.41, 5.74) is 6.73. The number of nitrogens with zero attached hydrogens (tertiary/aromatic N) is 3. The van der Waals surface area contributed by atoms with Crippen LogP contribution in [0.4, 0.5) is 5.69 Å². The third kappa shape index (κ3) is 3.88. The largest absolute Gasteiger partial charge is 0.490 e. The Balaban J connectivity index is 1.77. The van der Waals surface area contributed by atoms with Crippen molar-refractivity contribution in [2.24, 2.45) is 0 Å². The minimum Gasteiger partial charge on any atom is -0.490 e. The predicted molar refractivity (Wildman–Crippen MR) is 125 cm³/mol. The fourth-order valence-corrected chi connectivity index (χ4v) is 5.01. The van der Waals surface area contributed by atoms with Crippen molar-refractivity contribution in [2.75, 3.05) is 18.0 Å². The smallest absolute Gasteiger partial charge is 0.265 e. The van der Waals surface area contributed by atoms with E-state index in [-0.39, 0.29) is 22.6 Å². The van der Waals surface area contributed by atoms with Gasteiger partial charge < -0.3 is 9.64 Å². The van der Waals surface area contributed by atoms with Gasteiger partial charge in [-0.05, 0) is 77.1 Å². The molecule has 0 fully saturated rings. The molecule has 4 nitrogen and oxygen atoms in total. The lowest BCUT2D eigenvalue weighted by Crippen LogP contribution is -2.44. The summed E-state index contributed by atoms with van der Waals surface area (Å²) in [6.45, 7) is 20.9. The van der Waals surface area contributed by atoms with Gasteiger partial charge in [0.15, 0.2) is 0 Å². The molecule has 3 aliphatic heterocycles. The third-order valence-electron chi connectivity index (χ3n) is 7.04. The second-order valence-corrected chi connectivity index (χ2v) is 10.3. The van der Waals surface area contributed by atoms with Crippen LogP contribution in [0.5, 0.6) is 0 Å². The SMILES string of the molecule is [C-]#[N+]C(C#N)=C1C=C(C=Cc2cc3c4c(c2)C(C)(C)CCN4CCC3(C)C)OC(C)C1.